The van der Waals surface area contributed by atoms with E-state index in [0.717, 1.165) is 0 Å². The van der Waals surface area contributed by atoms with Crippen molar-refractivity contribution in [3.63, 3.8) is 0 Å². The Morgan fingerprint density at radius 3 is 2.00 bits per heavy atom. The Balaban J connectivity index is 0. The van der Waals surface area contributed by atoms with Crippen LogP contribution in [0.2, 0.25) is 0 Å². The van der Waals surface area contributed by atoms with Gasteiger partial charge in [-0.1, -0.05) is 27.7 Å². The second-order valence-electron chi connectivity index (χ2n) is 5.44. The molecule has 0 bridgehead atoms. The monoisotopic (exact) mass is 290 g/mol. The van der Waals surface area contributed by atoms with Crippen molar-refractivity contribution in [2.45, 2.75) is 40.5 Å². The highest BCUT2D eigenvalue weighted by Gasteiger charge is 2.08. The summed E-state index contributed by atoms with van der Waals surface area (Å²) in [6, 6.07) is 0. The molecule has 0 aliphatic rings. The Morgan fingerprint density at radius 1 is 1.15 bits per heavy atom. The Kier molecular flexibility index (Phi) is 13.6. The highest BCUT2D eigenvalue weighted by atomic mass is 16.5. The molecule has 0 aliphatic heterocycles. The number of ether oxygens (including phenoxy) is 1. The van der Waals surface area contributed by atoms with Crippen molar-refractivity contribution in [1.29, 1.82) is 0 Å². The summed E-state index contributed by atoms with van der Waals surface area (Å²) in [5.41, 5.74) is 0. The molecule has 0 unspecified atom stereocenters. The lowest BCUT2D eigenvalue weighted by Gasteiger charge is -2.14. The van der Waals surface area contributed by atoms with Crippen LogP contribution in [-0.2, 0) is 14.3 Å². The number of hydrogen-bond acceptors (Lipinski definition) is 5. The van der Waals surface area contributed by atoms with Gasteiger partial charge in [-0.25, -0.2) is 0 Å². The van der Waals surface area contributed by atoms with Crippen LogP contribution in [0.25, 0.3) is 0 Å². The molecule has 1 amide bonds. The van der Waals surface area contributed by atoms with Gasteiger partial charge in [0.1, 0.15) is 13.5 Å². The Bertz CT molecular complexity index is 268. The summed E-state index contributed by atoms with van der Waals surface area (Å²) in [6.07, 6.45) is 1.01. The minimum Gasteiger partial charge on any atom is -0.450 e. The van der Waals surface area contributed by atoms with Crippen molar-refractivity contribution in [3.8, 4) is 0 Å². The summed E-state index contributed by atoms with van der Waals surface area (Å²) < 4.78 is 4.75. The number of nitrogens with zero attached hydrogens (tertiary/aromatic N) is 1. The van der Waals surface area contributed by atoms with Gasteiger partial charge in [0.15, 0.2) is 0 Å². The SMILES string of the molecule is CC(C)CC(=O)N(C)CO.CNCOC(=O)CC(C)C. The van der Waals surface area contributed by atoms with Crippen LogP contribution < -0.4 is 5.32 Å². The first-order valence-corrected chi connectivity index (χ1v) is 6.89. The van der Waals surface area contributed by atoms with Gasteiger partial charge in [0.25, 0.3) is 0 Å². The highest BCUT2D eigenvalue weighted by Crippen LogP contribution is 2.01. The largest absolute Gasteiger partial charge is 0.450 e. The van der Waals surface area contributed by atoms with E-state index in [-0.39, 0.29) is 18.6 Å². The molecule has 6 heteroatoms. The van der Waals surface area contributed by atoms with E-state index < -0.39 is 0 Å². The fourth-order valence-corrected chi connectivity index (χ4v) is 1.13. The lowest BCUT2D eigenvalue weighted by atomic mass is 10.1. The first kappa shape index (κ1) is 21.2. The maximum Gasteiger partial charge on any atom is 0.307 e. The van der Waals surface area contributed by atoms with Crippen LogP contribution in [0.15, 0.2) is 0 Å². The lowest BCUT2D eigenvalue weighted by Crippen LogP contribution is -2.28. The van der Waals surface area contributed by atoms with Gasteiger partial charge in [0, 0.05) is 19.9 Å². The summed E-state index contributed by atoms with van der Waals surface area (Å²) in [6.45, 7) is 8.05. The van der Waals surface area contributed by atoms with Crippen molar-refractivity contribution < 1.29 is 19.4 Å². The van der Waals surface area contributed by atoms with Gasteiger partial charge in [0.05, 0.1) is 0 Å². The van der Waals surface area contributed by atoms with E-state index in [2.05, 4.69) is 5.32 Å². The van der Waals surface area contributed by atoms with Gasteiger partial charge >= 0.3 is 5.97 Å². The number of carbonyl (C=O) groups is 2. The Hall–Kier alpha value is -1.14. The average Bonchev–Trinajstić information content (AvgIpc) is 2.34. The molecular formula is C14H30N2O4. The molecule has 0 aromatic carbocycles. The van der Waals surface area contributed by atoms with Crippen LogP contribution in [-0.4, -0.2) is 49.4 Å². The molecule has 0 saturated heterocycles. The lowest BCUT2D eigenvalue weighted by molar-refractivity contribution is -0.145. The molecule has 0 heterocycles. The van der Waals surface area contributed by atoms with E-state index in [1.54, 1.807) is 14.1 Å². The molecule has 0 spiro atoms. The van der Waals surface area contributed by atoms with Gasteiger partial charge < -0.3 is 14.7 Å². The van der Waals surface area contributed by atoms with E-state index in [1.165, 1.54) is 4.90 Å². The average molecular weight is 290 g/mol. The third kappa shape index (κ3) is 14.9. The number of aliphatic hydroxyl groups excluding tert-OH is 1. The normalized spacial score (nSPS) is 10.1. The van der Waals surface area contributed by atoms with Crippen molar-refractivity contribution in [1.82, 2.24) is 10.2 Å². The van der Waals surface area contributed by atoms with E-state index in [4.69, 9.17) is 9.84 Å². The molecule has 0 atom stereocenters. The van der Waals surface area contributed by atoms with Gasteiger partial charge in [0.2, 0.25) is 5.91 Å². The molecule has 0 fully saturated rings. The summed E-state index contributed by atoms with van der Waals surface area (Å²) in [5, 5.41) is 11.3. The molecule has 6 nitrogen and oxygen atoms in total. The third-order valence-electron chi connectivity index (χ3n) is 2.17. The molecule has 0 aromatic rings. The highest BCUT2D eigenvalue weighted by molar-refractivity contribution is 5.75. The summed E-state index contributed by atoms with van der Waals surface area (Å²) >= 11 is 0. The standard InChI is InChI=1S/2C7H15NO2/c1-6(2)4-7(9)10-5-8-3;1-6(2)4-7(10)8(3)5-9/h6,8H,4-5H2,1-3H3;6,9H,4-5H2,1-3H3. The molecule has 20 heavy (non-hydrogen) atoms. The molecule has 2 N–H and O–H groups in total. The number of carbonyl (C=O) groups excluding carboxylic acids is 2. The van der Waals surface area contributed by atoms with E-state index in [0.29, 0.717) is 31.4 Å². The number of aliphatic hydroxyl groups is 1. The predicted molar refractivity (Wildman–Crippen MR) is 78.8 cm³/mol. The Labute approximate surface area is 122 Å². The molecule has 0 aliphatic carbocycles. The van der Waals surface area contributed by atoms with Crippen LogP contribution in [0.4, 0.5) is 0 Å². The molecule has 0 saturated carbocycles. The van der Waals surface area contributed by atoms with Crippen molar-refractivity contribution in [3.05, 3.63) is 0 Å². The molecule has 0 radical (unpaired) electrons. The minimum atomic E-state index is -0.189. The molecule has 0 rings (SSSR count). The van der Waals surface area contributed by atoms with Crippen LogP contribution in [0, 0.1) is 11.8 Å². The minimum absolute atomic E-state index is 0.00231. The quantitative estimate of drug-likeness (QED) is 0.544. The second kappa shape index (κ2) is 12.9. The number of amides is 1. The first-order valence-electron chi connectivity index (χ1n) is 6.89. The van der Waals surface area contributed by atoms with Gasteiger partial charge in [-0.15, -0.1) is 0 Å². The third-order valence-corrected chi connectivity index (χ3v) is 2.17. The smallest absolute Gasteiger partial charge is 0.307 e. The van der Waals surface area contributed by atoms with Gasteiger partial charge in [-0.3, -0.25) is 14.9 Å². The van der Waals surface area contributed by atoms with Crippen molar-refractivity contribution >= 4 is 11.9 Å². The molecular weight excluding hydrogens is 260 g/mol. The molecule has 0 aromatic heterocycles. The summed E-state index contributed by atoms with van der Waals surface area (Å²) in [7, 11) is 3.33. The zero-order valence-corrected chi connectivity index (χ0v) is 13.6. The zero-order chi connectivity index (χ0) is 16.1. The van der Waals surface area contributed by atoms with Crippen LogP contribution >= 0.6 is 0 Å². The second-order valence-corrected chi connectivity index (χ2v) is 5.44. The van der Waals surface area contributed by atoms with Gasteiger partial charge in [-0.2, -0.15) is 0 Å². The first-order chi connectivity index (χ1) is 9.24. The maximum absolute atomic E-state index is 11.0. The summed E-state index contributed by atoms with van der Waals surface area (Å²) in [4.78, 5) is 23.0. The van der Waals surface area contributed by atoms with Gasteiger partial charge in [-0.05, 0) is 18.9 Å². The Morgan fingerprint density at radius 2 is 1.65 bits per heavy atom. The maximum atomic E-state index is 11.0. The number of rotatable bonds is 7. The van der Waals surface area contributed by atoms with Crippen LogP contribution in [0.3, 0.4) is 0 Å². The summed E-state index contributed by atoms with van der Waals surface area (Å²) in [5.74, 6) is 0.604. The zero-order valence-electron chi connectivity index (χ0n) is 13.6. The van der Waals surface area contributed by atoms with Crippen LogP contribution in [0.1, 0.15) is 40.5 Å². The topological polar surface area (TPSA) is 78.9 Å². The molecule has 120 valence electrons. The fraction of sp³-hybridized carbons (Fsp3) is 0.857. The van der Waals surface area contributed by atoms with Crippen molar-refractivity contribution in [2.75, 3.05) is 27.6 Å². The van der Waals surface area contributed by atoms with Crippen molar-refractivity contribution in [2.24, 2.45) is 11.8 Å². The predicted octanol–water partition coefficient (Wildman–Crippen LogP) is 1.19. The number of esters is 1. The van der Waals surface area contributed by atoms with E-state index in [1.807, 2.05) is 27.7 Å². The van der Waals surface area contributed by atoms with E-state index >= 15 is 0 Å². The number of hydrogen-bond donors (Lipinski definition) is 2. The number of nitrogens with one attached hydrogen (secondary N) is 1. The fourth-order valence-electron chi connectivity index (χ4n) is 1.13. The van der Waals surface area contributed by atoms with Crippen LogP contribution in [0.5, 0.6) is 0 Å². The van der Waals surface area contributed by atoms with E-state index in [9.17, 15) is 9.59 Å².